The molecule has 2 aliphatic heterocycles. The highest BCUT2D eigenvalue weighted by molar-refractivity contribution is 6.32. The van der Waals surface area contributed by atoms with E-state index in [1.165, 1.54) is 24.6 Å². The zero-order chi connectivity index (χ0) is 21.0. The number of benzene rings is 1. The molecule has 2 saturated heterocycles. The van der Waals surface area contributed by atoms with E-state index in [1.807, 2.05) is 4.90 Å². The molecular weight excluding hydrogens is 398 g/mol. The van der Waals surface area contributed by atoms with Crippen LogP contribution in [0.2, 0.25) is 5.02 Å². The molecule has 0 radical (unpaired) electrons. The molecule has 0 spiro atoms. The van der Waals surface area contributed by atoms with Gasteiger partial charge in [0.05, 0.1) is 11.5 Å². The largest absolute Gasteiger partial charge is 0.339 e. The van der Waals surface area contributed by atoms with Crippen molar-refractivity contribution in [2.24, 2.45) is 0 Å². The van der Waals surface area contributed by atoms with E-state index < -0.39 is 4.92 Å². The Labute approximate surface area is 174 Å². The van der Waals surface area contributed by atoms with E-state index in [2.05, 4.69) is 17.1 Å². The highest BCUT2D eigenvalue weighted by Crippen LogP contribution is 2.27. The fraction of sp³-hybridized carbons (Fsp3) is 0.579. The summed E-state index contributed by atoms with van der Waals surface area (Å²) >= 11 is 5.80. The van der Waals surface area contributed by atoms with Crippen molar-refractivity contribution in [2.45, 2.75) is 32.2 Å². The number of hydrogen-bond donors (Lipinski definition) is 1. The highest BCUT2D eigenvalue weighted by atomic mass is 35.5. The summed E-state index contributed by atoms with van der Waals surface area (Å²) in [4.78, 5) is 41.1. The monoisotopic (exact) mass is 423 g/mol. The number of nitro groups is 1. The molecule has 9 nitrogen and oxygen atoms in total. The molecule has 0 saturated carbocycles. The average Bonchev–Trinajstić information content (AvgIpc) is 2.70. The Morgan fingerprint density at radius 1 is 1.21 bits per heavy atom. The first-order valence-corrected chi connectivity index (χ1v) is 10.2. The molecule has 10 heteroatoms. The maximum absolute atomic E-state index is 12.6. The van der Waals surface area contributed by atoms with Crippen LogP contribution in [-0.4, -0.2) is 76.9 Å². The smallest absolute Gasteiger partial charge is 0.321 e. The van der Waals surface area contributed by atoms with Crippen molar-refractivity contribution in [3.8, 4) is 0 Å². The van der Waals surface area contributed by atoms with E-state index in [1.54, 1.807) is 4.90 Å². The van der Waals surface area contributed by atoms with Gasteiger partial charge in [-0.1, -0.05) is 11.6 Å². The summed E-state index contributed by atoms with van der Waals surface area (Å²) in [5.74, 6) is 0.156. The third kappa shape index (κ3) is 5.36. The predicted molar refractivity (Wildman–Crippen MR) is 110 cm³/mol. The lowest BCUT2D eigenvalue weighted by atomic mass is 10.0. The second kappa shape index (κ2) is 9.41. The first-order valence-electron chi connectivity index (χ1n) is 9.87. The maximum Gasteiger partial charge on any atom is 0.321 e. The first kappa shape index (κ1) is 21.3. The van der Waals surface area contributed by atoms with Crippen LogP contribution in [0.1, 0.15) is 26.2 Å². The molecule has 158 valence electrons. The zero-order valence-electron chi connectivity index (χ0n) is 16.5. The van der Waals surface area contributed by atoms with E-state index in [4.69, 9.17) is 11.6 Å². The van der Waals surface area contributed by atoms with Gasteiger partial charge in [-0.25, -0.2) is 4.79 Å². The number of nitro benzene ring substituents is 1. The van der Waals surface area contributed by atoms with Crippen molar-refractivity contribution in [3.63, 3.8) is 0 Å². The van der Waals surface area contributed by atoms with Gasteiger partial charge in [-0.2, -0.15) is 0 Å². The number of carbonyl (C=O) groups excluding carboxylic acids is 2. The molecule has 0 bridgehead atoms. The second-order valence-corrected chi connectivity index (χ2v) is 7.96. The molecule has 29 heavy (non-hydrogen) atoms. The molecule has 1 aromatic carbocycles. The Morgan fingerprint density at radius 2 is 1.93 bits per heavy atom. The highest BCUT2D eigenvalue weighted by Gasteiger charge is 2.27. The number of rotatable bonds is 4. The van der Waals surface area contributed by atoms with Crippen LogP contribution in [-0.2, 0) is 4.79 Å². The summed E-state index contributed by atoms with van der Waals surface area (Å²) in [6, 6.07) is 4.14. The first-order chi connectivity index (χ1) is 13.8. The van der Waals surface area contributed by atoms with Crippen LogP contribution < -0.4 is 5.32 Å². The molecule has 3 rings (SSSR count). The molecular formula is C19H26ClN5O4. The predicted octanol–water partition coefficient (Wildman–Crippen LogP) is 2.80. The minimum absolute atomic E-state index is 0.0225. The Kier molecular flexibility index (Phi) is 6.92. The normalized spacial score (nSPS) is 20.4. The van der Waals surface area contributed by atoms with Crippen LogP contribution >= 0.6 is 11.6 Å². The number of hydrogen-bond acceptors (Lipinski definition) is 5. The molecule has 1 aromatic rings. The maximum atomic E-state index is 12.6. The van der Waals surface area contributed by atoms with Crippen LogP contribution in [0.15, 0.2) is 18.2 Å². The number of nitrogens with zero attached hydrogens (tertiary/aromatic N) is 4. The van der Waals surface area contributed by atoms with Gasteiger partial charge in [0.2, 0.25) is 5.91 Å². The third-order valence-electron chi connectivity index (χ3n) is 5.54. The number of carbonyl (C=O) groups is 2. The van der Waals surface area contributed by atoms with Gasteiger partial charge in [0.15, 0.2) is 0 Å². The number of likely N-dealkylation sites (tertiary alicyclic amines) is 1. The van der Waals surface area contributed by atoms with Gasteiger partial charge in [-0.05, 0) is 38.3 Å². The summed E-state index contributed by atoms with van der Waals surface area (Å²) in [5.41, 5.74) is 0.0718. The number of halogens is 1. The van der Waals surface area contributed by atoms with Gasteiger partial charge in [-0.3, -0.25) is 19.8 Å². The molecule has 1 unspecified atom stereocenters. The number of amides is 3. The van der Waals surface area contributed by atoms with E-state index in [-0.39, 0.29) is 22.6 Å². The van der Waals surface area contributed by atoms with Crippen molar-refractivity contribution < 1.29 is 14.5 Å². The van der Waals surface area contributed by atoms with Gasteiger partial charge in [0, 0.05) is 50.5 Å². The summed E-state index contributed by atoms with van der Waals surface area (Å²) in [6.45, 7) is 5.51. The fourth-order valence-electron chi connectivity index (χ4n) is 3.79. The number of nitrogens with one attached hydrogen (secondary N) is 1. The van der Waals surface area contributed by atoms with Gasteiger partial charge in [0.25, 0.3) is 5.69 Å². The topological polar surface area (TPSA) is 99.0 Å². The van der Waals surface area contributed by atoms with Crippen LogP contribution in [0.4, 0.5) is 16.2 Å². The van der Waals surface area contributed by atoms with Crippen LogP contribution in [0.5, 0.6) is 0 Å². The molecule has 1 atom stereocenters. The van der Waals surface area contributed by atoms with E-state index in [0.717, 1.165) is 19.4 Å². The van der Waals surface area contributed by atoms with Gasteiger partial charge < -0.3 is 15.1 Å². The molecule has 0 aromatic heterocycles. The lowest BCUT2D eigenvalue weighted by Crippen LogP contribution is -2.53. The molecule has 2 heterocycles. The van der Waals surface area contributed by atoms with Crippen molar-refractivity contribution in [1.82, 2.24) is 14.7 Å². The van der Waals surface area contributed by atoms with Crippen LogP contribution in [0.3, 0.4) is 0 Å². The lowest BCUT2D eigenvalue weighted by Gasteiger charge is -2.38. The number of anilines is 1. The van der Waals surface area contributed by atoms with Crippen LogP contribution in [0, 0.1) is 10.1 Å². The van der Waals surface area contributed by atoms with Crippen molar-refractivity contribution >= 4 is 34.9 Å². The second-order valence-electron chi connectivity index (χ2n) is 7.55. The van der Waals surface area contributed by atoms with E-state index >= 15 is 0 Å². The molecule has 2 fully saturated rings. The van der Waals surface area contributed by atoms with Crippen molar-refractivity contribution in [2.75, 3.05) is 44.6 Å². The third-order valence-corrected chi connectivity index (χ3v) is 5.86. The minimum atomic E-state index is -0.586. The molecule has 2 aliphatic rings. The SMILES string of the molecule is CC1CCCCN1C(=O)CN1CCN(C(=O)Nc2ccc(Cl)c([N+](=O)[O-])c2)CC1. The Bertz CT molecular complexity index is 782. The molecule has 3 amide bonds. The number of urea groups is 1. The summed E-state index contributed by atoms with van der Waals surface area (Å²) in [6.07, 6.45) is 3.30. The molecule has 1 N–H and O–H groups in total. The average molecular weight is 424 g/mol. The molecule has 0 aliphatic carbocycles. The summed E-state index contributed by atoms with van der Waals surface area (Å²) in [7, 11) is 0. The lowest BCUT2D eigenvalue weighted by molar-refractivity contribution is -0.384. The van der Waals surface area contributed by atoms with Gasteiger partial charge in [-0.15, -0.1) is 0 Å². The quantitative estimate of drug-likeness (QED) is 0.593. The van der Waals surface area contributed by atoms with Crippen LogP contribution in [0.25, 0.3) is 0 Å². The Hall–Kier alpha value is -2.39. The van der Waals surface area contributed by atoms with Crippen molar-refractivity contribution in [3.05, 3.63) is 33.3 Å². The minimum Gasteiger partial charge on any atom is -0.339 e. The summed E-state index contributed by atoms with van der Waals surface area (Å²) in [5, 5.41) is 13.7. The zero-order valence-corrected chi connectivity index (χ0v) is 17.2. The Balaban J connectivity index is 1.49. The summed E-state index contributed by atoms with van der Waals surface area (Å²) < 4.78 is 0. The standard InChI is InChI=1S/C19H26ClN5O4/c1-14-4-2-3-7-24(14)18(26)13-22-8-10-23(11-9-22)19(27)21-15-5-6-16(20)17(12-15)25(28)29/h5-6,12,14H,2-4,7-11,13H2,1H3,(H,21,27). The fourth-order valence-corrected chi connectivity index (χ4v) is 3.98. The Morgan fingerprint density at radius 3 is 2.59 bits per heavy atom. The van der Waals surface area contributed by atoms with E-state index in [0.29, 0.717) is 44.5 Å². The van der Waals surface area contributed by atoms with Crippen molar-refractivity contribution in [1.29, 1.82) is 0 Å². The number of piperazine rings is 1. The van der Waals surface area contributed by atoms with E-state index in [9.17, 15) is 19.7 Å². The number of piperidine rings is 1. The van der Waals surface area contributed by atoms with Gasteiger partial charge >= 0.3 is 6.03 Å². The van der Waals surface area contributed by atoms with Gasteiger partial charge in [0.1, 0.15) is 5.02 Å².